The molecule has 4 nitrogen and oxygen atoms in total. The Bertz CT molecular complexity index is 868. The van der Waals surface area contributed by atoms with Crippen LogP contribution in [-0.2, 0) is 0 Å². The molecular formula is C20H20BrN3OS. The first-order valence-corrected chi connectivity index (χ1v) is 10.4. The third kappa shape index (κ3) is 3.91. The lowest BCUT2D eigenvalue weighted by Crippen LogP contribution is -2.38. The first-order valence-electron chi connectivity index (χ1n) is 8.83. The van der Waals surface area contributed by atoms with Crippen molar-refractivity contribution in [1.29, 1.82) is 0 Å². The fraction of sp³-hybridized carbons (Fsp3) is 0.300. The standard InChI is InChI=1S/C20H20BrN3OS/c21-16-7-5-15(6-8-16)19(25)22-13-14-9-11-24(12-10-14)20-23-17-3-1-2-4-18(17)26-20/h1-8,14H,9-13H2,(H,22,25). The summed E-state index contributed by atoms with van der Waals surface area (Å²) in [4.78, 5) is 19.4. The minimum absolute atomic E-state index is 0.00565. The van der Waals surface area contributed by atoms with Gasteiger partial charge in [-0.1, -0.05) is 39.4 Å². The summed E-state index contributed by atoms with van der Waals surface area (Å²) in [6.45, 7) is 2.74. The fourth-order valence-electron chi connectivity index (χ4n) is 3.26. The van der Waals surface area contributed by atoms with Crippen LogP contribution in [0.3, 0.4) is 0 Å². The number of para-hydroxylation sites is 1. The van der Waals surface area contributed by atoms with Gasteiger partial charge in [0.25, 0.3) is 5.91 Å². The molecule has 1 amide bonds. The summed E-state index contributed by atoms with van der Waals surface area (Å²) in [6.07, 6.45) is 2.16. The summed E-state index contributed by atoms with van der Waals surface area (Å²) >= 11 is 5.15. The van der Waals surface area contributed by atoms with Gasteiger partial charge < -0.3 is 10.2 Å². The molecule has 26 heavy (non-hydrogen) atoms. The van der Waals surface area contributed by atoms with Crippen molar-refractivity contribution in [3.05, 3.63) is 58.6 Å². The van der Waals surface area contributed by atoms with Crippen molar-refractivity contribution in [1.82, 2.24) is 10.3 Å². The van der Waals surface area contributed by atoms with Gasteiger partial charge in [0.2, 0.25) is 0 Å². The van der Waals surface area contributed by atoms with Gasteiger partial charge in [0.15, 0.2) is 5.13 Å². The van der Waals surface area contributed by atoms with Crippen LogP contribution >= 0.6 is 27.3 Å². The Morgan fingerprint density at radius 3 is 2.62 bits per heavy atom. The Hall–Kier alpha value is -1.92. The lowest BCUT2D eigenvalue weighted by molar-refractivity contribution is 0.0945. The van der Waals surface area contributed by atoms with Gasteiger partial charge in [0.05, 0.1) is 10.2 Å². The number of nitrogens with zero attached hydrogens (tertiary/aromatic N) is 2. The van der Waals surface area contributed by atoms with Crippen molar-refractivity contribution >= 4 is 48.5 Å². The zero-order valence-corrected chi connectivity index (χ0v) is 16.7. The van der Waals surface area contributed by atoms with Crippen molar-refractivity contribution < 1.29 is 4.79 Å². The summed E-state index contributed by atoms with van der Waals surface area (Å²) in [5.41, 5.74) is 1.79. The molecule has 0 atom stereocenters. The van der Waals surface area contributed by atoms with E-state index in [0.717, 1.165) is 47.6 Å². The molecule has 1 N–H and O–H groups in total. The molecule has 0 radical (unpaired) electrons. The average Bonchev–Trinajstić information content (AvgIpc) is 3.11. The van der Waals surface area contributed by atoms with Crippen molar-refractivity contribution in [2.24, 2.45) is 5.92 Å². The van der Waals surface area contributed by atoms with Crippen LogP contribution in [0.5, 0.6) is 0 Å². The van der Waals surface area contributed by atoms with Crippen LogP contribution in [0.4, 0.5) is 5.13 Å². The lowest BCUT2D eigenvalue weighted by Gasteiger charge is -2.31. The van der Waals surface area contributed by atoms with E-state index in [2.05, 4.69) is 44.3 Å². The number of hydrogen-bond acceptors (Lipinski definition) is 4. The number of rotatable bonds is 4. The molecule has 0 saturated carbocycles. The summed E-state index contributed by atoms with van der Waals surface area (Å²) in [5, 5.41) is 4.19. The Balaban J connectivity index is 1.29. The van der Waals surface area contributed by atoms with E-state index >= 15 is 0 Å². The summed E-state index contributed by atoms with van der Waals surface area (Å²) in [5.74, 6) is 0.533. The van der Waals surface area contributed by atoms with Crippen LogP contribution in [0.2, 0.25) is 0 Å². The highest BCUT2D eigenvalue weighted by molar-refractivity contribution is 9.10. The fourth-order valence-corrected chi connectivity index (χ4v) is 4.55. The zero-order valence-electron chi connectivity index (χ0n) is 14.3. The van der Waals surface area contributed by atoms with Crippen LogP contribution < -0.4 is 10.2 Å². The molecule has 1 fully saturated rings. The van der Waals surface area contributed by atoms with E-state index in [1.54, 1.807) is 11.3 Å². The topological polar surface area (TPSA) is 45.2 Å². The van der Waals surface area contributed by atoms with E-state index < -0.39 is 0 Å². The molecule has 1 aliphatic rings. The molecule has 0 spiro atoms. The molecule has 3 aromatic rings. The molecule has 0 bridgehead atoms. The highest BCUT2D eigenvalue weighted by Crippen LogP contribution is 2.31. The molecule has 1 aromatic heterocycles. The van der Waals surface area contributed by atoms with Crippen LogP contribution in [0.25, 0.3) is 10.2 Å². The molecule has 1 aliphatic heterocycles. The second-order valence-electron chi connectivity index (χ2n) is 6.61. The Labute approximate surface area is 165 Å². The number of benzene rings is 2. The van der Waals surface area contributed by atoms with Crippen LogP contribution in [0.1, 0.15) is 23.2 Å². The SMILES string of the molecule is O=C(NCC1CCN(c2nc3ccccc3s2)CC1)c1ccc(Br)cc1. The van der Waals surface area contributed by atoms with Gasteiger partial charge in [-0.2, -0.15) is 0 Å². The first-order chi connectivity index (χ1) is 12.7. The Kier molecular flexibility index (Phi) is 5.22. The van der Waals surface area contributed by atoms with E-state index in [9.17, 15) is 4.79 Å². The van der Waals surface area contributed by atoms with Gasteiger partial charge in [-0.3, -0.25) is 4.79 Å². The molecule has 2 aromatic carbocycles. The third-order valence-corrected chi connectivity index (χ3v) is 6.45. The average molecular weight is 430 g/mol. The number of thiazole rings is 1. The van der Waals surface area contributed by atoms with Crippen molar-refractivity contribution in [3.8, 4) is 0 Å². The molecule has 6 heteroatoms. The molecule has 0 aliphatic carbocycles. The normalized spacial score (nSPS) is 15.3. The maximum absolute atomic E-state index is 12.2. The predicted octanol–water partition coefficient (Wildman–Crippen LogP) is 4.71. The summed E-state index contributed by atoms with van der Waals surface area (Å²) in [7, 11) is 0. The van der Waals surface area contributed by atoms with Gasteiger partial charge in [0.1, 0.15) is 0 Å². The number of carbonyl (C=O) groups is 1. The Morgan fingerprint density at radius 2 is 1.88 bits per heavy atom. The summed E-state index contributed by atoms with van der Waals surface area (Å²) < 4.78 is 2.22. The predicted molar refractivity (Wildman–Crippen MR) is 111 cm³/mol. The molecular weight excluding hydrogens is 410 g/mol. The van der Waals surface area contributed by atoms with E-state index in [1.807, 2.05) is 30.3 Å². The van der Waals surface area contributed by atoms with Gasteiger partial charge in [-0.05, 0) is 55.2 Å². The summed E-state index contributed by atoms with van der Waals surface area (Å²) in [6, 6.07) is 15.8. The number of nitrogens with one attached hydrogen (secondary N) is 1. The van der Waals surface area contributed by atoms with Gasteiger partial charge in [0, 0.05) is 29.7 Å². The van der Waals surface area contributed by atoms with Gasteiger partial charge in [-0.25, -0.2) is 4.98 Å². The molecule has 2 heterocycles. The van der Waals surface area contributed by atoms with Crippen molar-refractivity contribution in [3.63, 3.8) is 0 Å². The number of halogens is 1. The molecule has 134 valence electrons. The van der Waals surface area contributed by atoms with E-state index in [0.29, 0.717) is 11.5 Å². The minimum atomic E-state index is 0.00565. The minimum Gasteiger partial charge on any atom is -0.352 e. The number of fused-ring (bicyclic) bond motifs is 1. The zero-order chi connectivity index (χ0) is 17.9. The van der Waals surface area contributed by atoms with Crippen LogP contribution in [0, 0.1) is 5.92 Å². The maximum atomic E-state index is 12.2. The third-order valence-electron chi connectivity index (χ3n) is 4.83. The number of amides is 1. The smallest absolute Gasteiger partial charge is 0.251 e. The number of piperidine rings is 1. The maximum Gasteiger partial charge on any atom is 0.251 e. The largest absolute Gasteiger partial charge is 0.352 e. The van der Waals surface area contributed by atoms with Crippen molar-refractivity contribution in [2.45, 2.75) is 12.8 Å². The van der Waals surface area contributed by atoms with Crippen molar-refractivity contribution in [2.75, 3.05) is 24.5 Å². The number of anilines is 1. The molecule has 0 unspecified atom stereocenters. The second kappa shape index (κ2) is 7.76. The molecule has 4 rings (SSSR count). The van der Waals surface area contributed by atoms with Crippen LogP contribution in [0.15, 0.2) is 53.0 Å². The van der Waals surface area contributed by atoms with Gasteiger partial charge >= 0.3 is 0 Å². The second-order valence-corrected chi connectivity index (χ2v) is 8.54. The number of hydrogen-bond donors (Lipinski definition) is 1. The first kappa shape index (κ1) is 17.5. The highest BCUT2D eigenvalue weighted by Gasteiger charge is 2.22. The lowest BCUT2D eigenvalue weighted by atomic mass is 9.97. The van der Waals surface area contributed by atoms with E-state index in [4.69, 9.17) is 4.98 Å². The molecule has 1 saturated heterocycles. The van der Waals surface area contributed by atoms with Crippen LogP contribution in [-0.4, -0.2) is 30.5 Å². The van der Waals surface area contributed by atoms with E-state index in [1.165, 1.54) is 4.70 Å². The van der Waals surface area contributed by atoms with Gasteiger partial charge in [-0.15, -0.1) is 0 Å². The monoisotopic (exact) mass is 429 g/mol. The van der Waals surface area contributed by atoms with E-state index in [-0.39, 0.29) is 5.91 Å². The Morgan fingerprint density at radius 1 is 1.15 bits per heavy atom. The number of aromatic nitrogens is 1. The number of carbonyl (C=O) groups excluding carboxylic acids is 1. The quantitative estimate of drug-likeness (QED) is 0.653. The highest BCUT2D eigenvalue weighted by atomic mass is 79.9.